The number of amides is 1. The van der Waals surface area contributed by atoms with E-state index >= 15 is 0 Å². The second-order valence-electron chi connectivity index (χ2n) is 6.20. The van der Waals surface area contributed by atoms with Crippen molar-refractivity contribution < 1.29 is 23.9 Å². The van der Waals surface area contributed by atoms with Crippen LogP contribution >= 0.6 is 11.6 Å². The van der Waals surface area contributed by atoms with Crippen LogP contribution in [0.2, 0.25) is 5.02 Å². The number of aliphatic hydroxyl groups excluding tert-OH is 1. The number of carbonyl (C=O) groups is 1. The highest BCUT2D eigenvalue weighted by Gasteiger charge is 2.20. The number of ether oxygens (including phenoxy) is 2. The van der Waals surface area contributed by atoms with E-state index in [2.05, 4.69) is 5.16 Å². The Morgan fingerprint density at radius 2 is 1.97 bits per heavy atom. The van der Waals surface area contributed by atoms with Crippen molar-refractivity contribution in [1.82, 2.24) is 10.1 Å². The summed E-state index contributed by atoms with van der Waals surface area (Å²) in [6.45, 7) is 0.467. The number of carbonyl (C=O) groups excluding carboxylic acids is 1. The number of hydrogen-bond donors (Lipinski definition) is 1. The number of rotatable bonds is 9. The van der Waals surface area contributed by atoms with Crippen LogP contribution in [0.3, 0.4) is 0 Å². The monoisotopic (exact) mass is 416 g/mol. The van der Waals surface area contributed by atoms with E-state index < -0.39 is 0 Å². The van der Waals surface area contributed by atoms with Crippen molar-refractivity contribution in [3.8, 4) is 11.5 Å². The lowest BCUT2D eigenvalue weighted by Crippen LogP contribution is -2.33. The summed E-state index contributed by atoms with van der Waals surface area (Å²) >= 11 is 5.94. The third-order valence-electron chi connectivity index (χ3n) is 4.15. The first-order chi connectivity index (χ1) is 14.1. The number of methoxy groups -OCH3 is 1. The zero-order valence-corrected chi connectivity index (χ0v) is 16.6. The first kappa shape index (κ1) is 20.7. The predicted octanol–water partition coefficient (Wildman–Crippen LogP) is 3.55. The second kappa shape index (κ2) is 9.95. The van der Waals surface area contributed by atoms with Gasteiger partial charge in [0.05, 0.1) is 13.7 Å². The molecular formula is C21H21ClN2O5. The van der Waals surface area contributed by atoms with E-state index in [4.69, 9.17) is 25.6 Å². The predicted molar refractivity (Wildman–Crippen MR) is 107 cm³/mol. The topological polar surface area (TPSA) is 85.0 Å². The van der Waals surface area contributed by atoms with Crippen molar-refractivity contribution >= 4 is 17.5 Å². The molecule has 0 aliphatic carbocycles. The number of halogens is 1. The molecule has 0 saturated heterocycles. The van der Waals surface area contributed by atoms with Gasteiger partial charge in [-0.2, -0.15) is 0 Å². The molecule has 2 aromatic carbocycles. The van der Waals surface area contributed by atoms with E-state index in [1.165, 1.54) is 18.1 Å². The number of benzene rings is 2. The highest BCUT2D eigenvalue weighted by Crippen LogP contribution is 2.30. The van der Waals surface area contributed by atoms with Crippen LogP contribution in [0.1, 0.15) is 21.8 Å². The maximum absolute atomic E-state index is 12.8. The molecule has 0 fully saturated rings. The lowest BCUT2D eigenvalue weighted by atomic mass is 10.2. The standard InChI is InChI=1S/C21H21ClN2O5/c1-27-20-11-16(22)7-8-19(20)28-14-17-12-18(23-29-17)21(26)24(9-10-25)13-15-5-3-2-4-6-15/h2-8,11-12,25H,9-10,13-14H2,1H3. The number of aliphatic hydroxyl groups is 1. The van der Waals surface area contributed by atoms with Crippen molar-refractivity contribution in [3.63, 3.8) is 0 Å². The average Bonchev–Trinajstić information content (AvgIpc) is 3.21. The van der Waals surface area contributed by atoms with Crippen molar-refractivity contribution in [2.45, 2.75) is 13.2 Å². The Labute approximate surface area is 173 Å². The van der Waals surface area contributed by atoms with Crippen molar-refractivity contribution in [2.75, 3.05) is 20.3 Å². The van der Waals surface area contributed by atoms with E-state index in [1.807, 2.05) is 30.3 Å². The minimum absolute atomic E-state index is 0.0664. The lowest BCUT2D eigenvalue weighted by molar-refractivity contribution is 0.0697. The summed E-state index contributed by atoms with van der Waals surface area (Å²) in [6.07, 6.45) is 0. The van der Waals surface area contributed by atoms with Gasteiger partial charge in [0, 0.05) is 30.2 Å². The van der Waals surface area contributed by atoms with Crippen LogP contribution in [0.25, 0.3) is 0 Å². The maximum Gasteiger partial charge on any atom is 0.276 e. The number of aromatic nitrogens is 1. The summed E-state index contributed by atoms with van der Waals surface area (Å²) in [5, 5.41) is 13.7. The number of nitrogens with zero attached hydrogens (tertiary/aromatic N) is 2. The Balaban J connectivity index is 1.67. The molecule has 0 saturated carbocycles. The summed E-state index contributed by atoms with van der Waals surface area (Å²) in [5.41, 5.74) is 1.10. The molecule has 0 bridgehead atoms. The van der Waals surface area contributed by atoms with Gasteiger partial charge in [-0.3, -0.25) is 4.79 Å². The molecule has 3 aromatic rings. The average molecular weight is 417 g/mol. The molecule has 0 radical (unpaired) electrons. The van der Waals surface area contributed by atoms with Gasteiger partial charge in [-0.15, -0.1) is 0 Å². The van der Waals surface area contributed by atoms with Gasteiger partial charge in [-0.05, 0) is 17.7 Å². The molecular weight excluding hydrogens is 396 g/mol. The van der Waals surface area contributed by atoms with Crippen LogP contribution in [0, 0.1) is 0 Å². The molecule has 152 valence electrons. The van der Waals surface area contributed by atoms with Crippen molar-refractivity contribution in [3.05, 3.63) is 76.6 Å². The highest BCUT2D eigenvalue weighted by molar-refractivity contribution is 6.30. The molecule has 0 atom stereocenters. The Bertz CT molecular complexity index is 945. The normalized spacial score (nSPS) is 10.6. The molecule has 0 unspecified atom stereocenters. The molecule has 29 heavy (non-hydrogen) atoms. The zero-order chi connectivity index (χ0) is 20.6. The maximum atomic E-state index is 12.8. The molecule has 1 amide bonds. The first-order valence-corrected chi connectivity index (χ1v) is 9.34. The smallest absolute Gasteiger partial charge is 0.276 e. The fraction of sp³-hybridized carbons (Fsp3) is 0.238. The van der Waals surface area contributed by atoms with E-state index in [0.29, 0.717) is 28.8 Å². The van der Waals surface area contributed by atoms with Crippen LogP contribution < -0.4 is 9.47 Å². The van der Waals surface area contributed by atoms with Gasteiger partial charge in [0.2, 0.25) is 0 Å². The van der Waals surface area contributed by atoms with Gasteiger partial charge < -0.3 is 24.0 Å². The molecule has 1 N–H and O–H groups in total. The third-order valence-corrected chi connectivity index (χ3v) is 4.38. The third kappa shape index (κ3) is 5.49. The zero-order valence-electron chi connectivity index (χ0n) is 15.9. The van der Waals surface area contributed by atoms with E-state index in [1.54, 1.807) is 18.2 Å². The molecule has 1 heterocycles. The molecule has 7 nitrogen and oxygen atoms in total. The van der Waals surface area contributed by atoms with Crippen molar-refractivity contribution in [1.29, 1.82) is 0 Å². The Morgan fingerprint density at radius 1 is 1.17 bits per heavy atom. The summed E-state index contributed by atoms with van der Waals surface area (Å²) in [4.78, 5) is 14.3. The Hall–Kier alpha value is -3.03. The lowest BCUT2D eigenvalue weighted by Gasteiger charge is -2.20. The largest absolute Gasteiger partial charge is 0.493 e. The first-order valence-electron chi connectivity index (χ1n) is 8.96. The van der Waals surface area contributed by atoms with Crippen LogP contribution in [-0.2, 0) is 13.2 Å². The van der Waals surface area contributed by atoms with Crippen LogP contribution in [0.4, 0.5) is 0 Å². The van der Waals surface area contributed by atoms with Gasteiger partial charge in [-0.1, -0.05) is 47.1 Å². The second-order valence-corrected chi connectivity index (χ2v) is 6.63. The Morgan fingerprint density at radius 3 is 2.69 bits per heavy atom. The van der Waals surface area contributed by atoms with Gasteiger partial charge in [0.15, 0.2) is 23.0 Å². The Kier molecular flexibility index (Phi) is 7.10. The summed E-state index contributed by atoms with van der Waals surface area (Å²) < 4.78 is 16.1. The quantitative estimate of drug-likeness (QED) is 0.574. The van der Waals surface area contributed by atoms with E-state index in [-0.39, 0.29) is 31.4 Å². The molecule has 3 rings (SSSR count). The minimum Gasteiger partial charge on any atom is -0.493 e. The van der Waals surface area contributed by atoms with E-state index in [0.717, 1.165) is 5.56 Å². The van der Waals surface area contributed by atoms with Crippen LogP contribution in [0.15, 0.2) is 59.1 Å². The molecule has 0 spiro atoms. The van der Waals surface area contributed by atoms with Crippen molar-refractivity contribution in [2.24, 2.45) is 0 Å². The highest BCUT2D eigenvalue weighted by atomic mass is 35.5. The summed E-state index contributed by atoms with van der Waals surface area (Å²) in [5.74, 6) is 1.04. The molecule has 1 aromatic heterocycles. The summed E-state index contributed by atoms with van der Waals surface area (Å²) in [6, 6.07) is 16.1. The number of hydrogen-bond acceptors (Lipinski definition) is 6. The van der Waals surface area contributed by atoms with Gasteiger partial charge in [0.1, 0.15) is 6.61 Å². The van der Waals surface area contributed by atoms with Crippen LogP contribution in [0.5, 0.6) is 11.5 Å². The minimum atomic E-state index is -0.332. The fourth-order valence-corrected chi connectivity index (χ4v) is 2.89. The molecule has 0 aliphatic heterocycles. The van der Waals surface area contributed by atoms with E-state index in [9.17, 15) is 9.90 Å². The molecule has 0 aliphatic rings. The van der Waals surface area contributed by atoms with Crippen LogP contribution in [-0.4, -0.2) is 41.3 Å². The molecule has 8 heteroatoms. The van der Waals surface area contributed by atoms with Gasteiger partial charge >= 0.3 is 0 Å². The van der Waals surface area contributed by atoms with Gasteiger partial charge in [0.25, 0.3) is 5.91 Å². The SMILES string of the molecule is COc1cc(Cl)ccc1OCc1cc(C(=O)N(CCO)Cc2ccccc2)no1. The fourth-order valence-electron chi connectivity index (χ4n) is 2.73. The van der Waals surface area contributed by atoms with Gasteiger partial charge in [-0.25, -0.2) is 0 Å². The summed E-state index contributed by atoms with van der Waals surface area (Å²) in [7, 11) is 1.52.